The number of ether oxygens (including phenoxy) is 1. The van der Waals surface area contributed by atoms with Gasteiger partial charge in [0.2, 0.25) is 0 Å². The lowest BCUT2D eigenvalue weighted by Crippen LogP contribution is -2.24. The van der Waals surface area contributed by atoms with Gasteiger partial charge in [-0.3, -0.25) is 9.48 Å². The molecule has 0 radical (unpaired) electrons. The Labute approximate surface area is 142 Å². The molecule has 3 rings (SSSR count). The van der Waals surface area contributed by atoms with Crippen LogP contribution in [0.25, 0.3) is 0 Å². The van der Waals surface area contributed by atoms with Gasteiger partial charge in [-0.25, -0.2) is 0 Å². The molecule has 1 saturated heterocycles. The highest BCUT2D eigenvalue weighted by Crippen LogP contribution is 2.17. The Kier molecular flexibility index (Phi) is 5.15. The summed E-state index contributed by atoms with van der Waals surface area (Å²) < 4.78 is 7.56. The second kappa shape index (κ2) is 7.49. The van der Waals surface area contributed by atoms with Crippen LogP contribution in [-0.4, -0.2) is 42.5 Å². The molecule has 0 bridgehead atoms. The van der Waals surface area contributed by atoms with Crippen molar-refractivity contribution in [2.45, 2.75) is 31.9 Å². The van der Waals surface area contributed by atoms with E-state index in [1.54, 1.807) is 6.20 Å². The fourth-order valence-electron chi connectivity index (χ4n) is 2.82. The van der Waals surface area contributed by atoms with Gasteiger partial charge in [0, 0.05) is 38.1 Å². The van der Waals surface area contributed by atoms with E-state index in [9.17, 15) is 4.79 Å². The maximum Gasteiger partial charge on any atom is 0.255 e. The van der Waals surface area contributed by atoms with Gasteiger partial charge in [0.15, 0.2) is 0 Å². The van der Waals surface area contributed by atoms with Crippen molar-refractivity contribution < 1.29 is 9.53 Å². The number of rotatable bonds is 5. The van der Waals surface area contributed by atoms with Gasteiger partial charge in [0.1, 0.15) is 0 Å². The molecule has 24 heavy (non-hydrogen) atoms. The maximum atomic E-state index is 12.4. The first-order valence-electron chi connectivity index (χ1n) is 8.34. The van der Waals surface area contributed by atoms with Gasteiger partial charge in [-0.2, -0.15) is 5.10 Å². The Morgan fingerprint density at radius 1 is 1.42 bits per heavy atom. The Hall–Kier alpha value is -2.34. The van der Waals surface area contributed by atoms with E-state index in [0.29, 0.717) is 11.3 Å². The smallest absolute Gasteiger partial charge is 0.255 e. The van der Waals surface area contributed by atoms with Crippen LogP contribution in [0.1, 0.15) is 29.6 Å². The summed E-state index contributed by atoms with van der Waals surface area (Å²) in [5.41, 5.74) is 2.32. The molecule has 1 N–H and O–H groups in total. The minimum atomic E-state index is -0.132. The molecule has 1 fully saturated rings. The van der Waals surface area contributed by atoms with Crippen LogP contribution in [-0.2, 0) is 11.3 Å². The minimum Gasteiger partial charge on any atom is -0.378 e. The molecule has 0 spiro atoms. The molecule has 1 aliphatic heterocycles. The second-order valence-corrected chi connectivity index (χ2v) is 6.34. The van der Waals surface area contributed by atoms with Crippen LogP contribution in [0, 0.1) is 0 Å². The van der Waals surface area contributed by atoms with Gasteiger partial charge in [0.05, 0.1) is 24.5 Å². The first kappa shape index (κ1) is 16.5. The largest absolute Gasteiger partial charge is 0.378 e. The Bertz CT molecular complexity index is 690. The number of benzene rings is 1. The first-order chi connectivity index (χ1) is 11.6. The molecule has 1 aromatic carbocycles. The molecule has 0 unspecified atom stereocenters. The Morgan fingerprint density at radius 3 is 3.04 bits per heavy atom. The van der Waals surface area contributed by atoms with Crippen molar-refractivity contribution in [3.63, 3.8) is 0 Å². The minimum absolute atomic E-state index is 0.132. The molecule has 1 aliphatic rings. The van der Waals surface area contributed by atoms with Crippen LogP contribution in [0.2, 0.25) is 0 Å². The van der Waals surface area contributed by atoms with Crippen LogP contribution in [0.15, 0.2) is 36.7 Å². The van der Waals surface area contributed by atoms with Crippen molar-refractivity contribution in [2.24, 2.45) is 0 Å². The Balaban J connectivity index is 1.61. The van der Waals surface area contributed by atoms with Crippen LogP contribution in [0.4, 0.5) is 11.4 Å². The lowest BCUT2D eigenvalue weighted by atomic mass is 10.1. The zero-order valence-electron chi connectivity index (χ0n) is 14.2. The van der Waals surface area contributed by atoms with E-state index in [-0.39, 0.29) is 12.0 Å². The number of anilines is 2. The molecule has 6 heteroatoms. The van der Waals surface area contributed by atoms with E-state index in [4.69, 9.17) is 4.74 Å². The topological polar surface area (TPSA) is 59.4 Å². The third-order valence-electron chi connectivity index (χ3n) is 4.18. The number of hydrogen-bond donors (Lipinski definition) is 1. The Morgan fingerprint density at radius 2 is 2.29 bits per heavy atom. The summed E-state index contributed by atoms with van der Waals surface area (Å²) in [6, 6.07) is 7.53. The molecule has 1 amide bonds. The zero-order valence-corrected chi connectivity index (χ0v) is 14.2. The van der Waals surface area contributed by atoms with Gasteiger partial charge in [-0.05, 0) is 37.5 Å². The molecule has 6 nitrogen and oxygen atoms in total. The predicted molar refractivity (Wildman–Crippen MR) is 94.5 cm³/mol. The van der Waals surface area contributed by atoms with Crippen molar-refractivity contribution in [1.29, 1.82) is 0 Å². The molecule has 1 aromatic heterocycles. The molecule has 128 valence electrons. The standard InChI is InChI=1S/C18H24N4O2/c1-21(2)16-7-5-6-14(10-16)18(23)20-15-11-19-22(12-15)13-17-8-3-4-9-24-17/h5-7,10-12,17H,3-4,8-9,13H2,1-2H3,(H,20,23)/t17-/m1/s1. The molecule has 0 saturated carbocycles. The number of aromatic nitrogens is 2. The van der Waals surface area contributed by atoms with Crippen LogP contribution in [0.3, 0.4) is 0 Å². The number of amides is 1. The van der Waals surface area contributed by atoms with Crippen molar-refractivity contribution in [3.8, 4) is 0 Å². The summed E-state index contributed by atoms with van der Waals surface area (Å²) in [4.78, 5) is 14.4. The highest BCUT2D eigenvalue weighted by atomic mass is 16.5. The fourth-order valence-corrected chi connectivity index (χ4v) is 2.82. The highest BCUT2D eigenvalue weighted by molar-refractivity contribution is 6.04. The fraction of sp³-hybridized carbons (Fsp3) is 0.444. The number of nitrogens with one attached hydrogen (secondary N) is 1. The van der Waals surface area contributed by atoms with Crippen molar-refractivity contribution in [2.75, 3.05) is 30.9 Å². The molecular formula is C18H24N4O2. The number of hydrogen-bond acceptors (Lipinski definition) is 4. The lowest BCUT2D eigenvalue weighted by Gasteiger charge is -2.22. The predicted octanol–water partition coefficient (Wildman–Crippen LogP) is 2.77. The van der Waals surface area contributed by atoms with E-state index >= 15 is 0 Å². The van der Waals surface area contributed by atoms with Gasteiger partial charge in [0.25, 0.3) is 5.91 Å². The van der Waals surface area contributed by atoms with E-state index in [2.05, 4.69) is 10.4 Å². The third kappa shape index (κ3) is 4.14. The van der Waals surface area contributed by atoms with Gasteiger partial charge < -0.3 is 15.0 Å². The SMILES string of the molecule is CN(C)c1cccc(C(=O)Nc2cnn(C[C@H]3CCCCO3)c2)c1. The molecule has 2 aromatic rings. The molecule has 2 heterocycles. The lowest BCUT2D eigenvalue weighted by molar-refractivity contribution is 0.00401. The summed E-state index contributed by atoms with van der Waals surface area (Å²) >= 11 is 0. The van der Waals surface area contributed by atoms with E-state index in [0.717, 1.165) is 31.7 Å². The van der Waals surface area contributed by atoms with Gasteiger partial charge in [-0.1, -0.05) is 6.07 Å². The van der Waals surface area contributed by atoms with E-state index in [1.807, 2.05) is 54.1 Å². The summed E-state index contributed by atoms with van der Waals surface area (Å²) in [6.45, 7) is 1.56. The summed E-state index contributed by atoms with van der Waals surface area (Å²) in [6.07, 6.45) is 7.17. The van der Waals surface area contributed by atoms with E-state index < -0.39 is 0 Å². The quantitative estimate of drug-likeness (QED) is 0.917. The maximum absolute atomic E-state index is 12.4. The molecule has 1 atom stereocenters. The summed E-state index contributed by atoms with van der Waals surface area (Å²) in [5, 5.41) is 7.22. The number of nitrogens with zero attached hydrogens (tertiary/aromatic N) is 3. The number of carbonyl (C=O) groups is 1. The summed E-state index contributed by atoms with van der Waals surface area (Å²) in [5.74, 6) is -0.132. The van der Waals surface area contributed by atoms with Crippen molar-refractivity contribution in [3.05, 3.63) is 42.2 Å². The van der Waals surface area contributed by atoms with Gasteiger partial charge >= 0.3 is 0 Å². The van der Waals surface area contributed by atoms with E-state index in [1.165, 1.54) is 6.42 Å². The highest BCUT2D eigenvalue weighted by Gasteiger charge is 2.15. The monoisotopic (exact) mass is 328 g/mol. The van der Waals surface area contributed by atoms with Crippen LogP contribution >= 0.6 is 0 Å². The van der Waals surface area contributed by atoms with Crippen molar-refractivity contribution >= 4 is 17.3 Å². The zero-order chi connectivity index (χ0) is 16.9. The van der Waals surface area contributed by atoms with Crippen LogP contribution in [0.5, 0.6) is 0 Å². The first-order valence-corrected chi connectivity index (χ1v) is 8.34. The average molecular weight is 328 g/mol. The van der Waals surface area contributed by atoms with Crippen LogP contribution < -0.4 is 10.2 Å². The normalized spacial score (nSPS) is 17.5. The second-order valence-electron chi connectivity index (χ2n) is 6.34. The third-order valence-corrected chi connectivity index (χ3v) is 4.18. The molecular weight excluding hydrogens is 304 g/mol. The number of carbonyl (C=O) groups excluding carboxylic acids is 1. The van der Waals surface area contributed by atoms with Crippen molar-refractivity contribution in [1.82, 2.24) is 9.78 Å². The average Bonchev–Trinajstić information content (AvgIpc) is 3.02. The van der Waals surface area contributed by atoms with Gasteiger partial charge in [-0.15, -0.1) is 0 Å². The summed E-state index contributed by atoms with van der Waals surface area (Å²) in [7, 11) is 3.91. The molecule has 0 aliphatic carbocycles.